The molecule has 2 aromatic rings. The van der Waals surface area contributed by atoms with Crippen LogP contribution in [0.15, 0.2) is 30.5 Å². The number of nitrogens with one attached hydrogen (secondary N) is 1. The highest BCUT2D eigenvalue weighted by Gasteiger charge is 2.19. The lowest BCUT2D eigenvalue weighted by Gasteiger charge is -2.27. The Morgan fingerprint density at radius 2 is 1.77 bits per heavy atom. The normalized spacial score (nSPS) is 20.0. The monoisotopic (exact) mass is 355 g/mol. The van der Waals surface area contributed by atoms with Crippen LogP contribution >= 0.6 is 0 Å². The number of benzene rings is 1. The van der Waals surface area contributed by atoms with Gasteiger partial charge < -0.3 is 14.8 Å². The van der Waals surface area contributed by atoms with Crippen LogP contribution in [0.25, 0.3) is 11.1 Å². The molecule has 1 aromatic carbocycles. The third kappa shape index (κ3) is 4.65. The van der Waals surface area contributed by atoms with E-state index in [1.54, 1.807) is 7.11 Å². The molecule has 26 heavy (non-hydrogen) atoms. The van der Waals surface area contributed by atoms with Crippen LogP contribution in [0.4, 0.5) is 5.95 Å². The fourth-order valence-electron chi connectivity index (χ4n) is 3.36. The highest BCUT2D eigenvalue weighted by atomic mass is 16.5. The molecule has 140 valence electrons. The molecule has 1 aromatic heterocycles. The van der Waals surface area contributed by atoms with Gasteiger partial charge in [0.1, 0.15) is 5.75 Å². The van der Waals surface area contributed by atoms with Crippen molar-refractivity contribution in [2.75, 3.05) is 12.4 Å². The molecule has 0 spiro atoms. The molecule has 5 heteroatoms. The van der Waals surface area contributed by atoms with E-state index in [1.807, 2.05) is 44.3 Å². The predicted octanol–water partition coefficient (Wildman–Crippen LogP) is 4.93. The van der Waals surface area contributed by atoms with Gasteiger partial charge in [0.15, 0.2) is 0 Å². The lowest BCUT2D eigenvalue weighted by Crippen LogP contribution is -2.26. The summed E-state index contributed by atoms with van der Waals surface area (Å²) in [6, 6.07) is 8.39. The van der Waals surface area contributed by atoms with Crippen LogP contribution in [0.5, 0.6) is 11.6 Å². The molecule has 0 aliphatic heterocycles. The van der Waals surface area contributed by atoms with Gasteiger partial charge in [0.05, 0.1) is 18.8 Å². The first kappa shape index (κ1) is 18.5. The zero-order chi connectivity index (χ0) is 18.5. The Balaban J connectivity index is 1.74. The van der Waals surface area contributed by atoms with Crippen LogP contribution in [0.2, 0.25) is 0 Å². The molecule has 0 bridgehead atoms. The number of hydrogen-bond acceptors (Lipinski definition) is 5. The SMILES string of the molecule is COc1nc(N[C@H]2CC[C@H](C)CC2)ncc1-c1ccc(OC(C)C)cc1. The maximum Gasteiger partial charge on any atom is 0.226 e. The van der Waals surface area contributed by atoms with Gasteiger partial charge in [0.25, 0.3) is 0 Å². The molecule has 1 N–H and O–H groups in total. The molecule has 0 radical (unpaired) electrons. The standard InChI is InChI=1S/C21H29N3O2/c1-14(2)26-18-11-7-16(8-12-18)19-13-22-21(24-20(19)25-4)23-17-9-5-15(3)6-10-17/h7-8,11-15,17H,5-6,9-10H2,1-4H3,(H,22,23,24)/t15-,17-. The molecule has 0 unspecified atom stereocenters. The second-order valence-electron chi connectivity index (χ2n) is 7.41. The van der Waals surface area contributed by atoms with Crippen molar-refractivity contribution in [1.29, 1.82) is 0 Å². The quantitative estimate of drug-likeness (QED) is 0.796. The van der Waals surface area contributed by atoms with Crippen molar-refractivity contribution in [2.45, 2.75) is 58.6 Å². The number of nitrogens with zero attached hydrogens (tertiary/aromatic N) is 2. The van der Waals surface area contributed by atoms with Crippen LogP contribution in [-0.4, -0.2) is 29.2 Å². The van der Waals surface area contributed by atoms with Crippen molar-refractivity contribution in [3.63, 3.8) is 0 Å². The molecule has 1 heterocycles. The molecule has 0 saturated heterocycles. The highest BCUT2D eigenvalue weighted by molar-refractivity contribution is 5.69. The smallest absolute Gasteiger partial charge is 0.226 e. The average Bonchev–Trinajstić information content (AvgIpc) is 2.64. The number of ether oxygens (including phenoxy) is 2. The largest absolute Gasteiger partial charge is 0.491 e. The Morgan fingerprint density at radius 1 is 1.08 bits per heavy atom. The van der Waals surface area contributed by atoms with Crippen LogP contribution < -0.4 is 14.8 Å². The summed E-state index contributed by atoms with van der Waals surface area (Å²) < 4.78 is 11.2. The summed E-state index contributed by atoms with van der Waals surface area (Å²) in [6.45, 7) is 6.36. The zero-order valence-corrected chi connectivity index (χ0v) is 16.2. The van der Waals surface area contributed by atoms with E-state index >= 15 is 0 Å². The van der Waals surface area contributed by atoms with Gasteiger partial charge in [-0.05, 0) is 63.1 Å². The predicted molar refractivity (Wildman–Crippen MR) is 105 cm³/mol. The fraction of sp³-hybridized carbons (Fsp3) is 0.524. The molecule has 3 rings (SSSR count). The zero-order valence-electron chi connectivity index (χ0n) is 16.2. The lowest BCUT2D eigenvalue weighted by atomic mass is 9.87. The van der Waals surface area contributed by atoms with E-state index in [1.165, 1.54) is 25.7 Å². The van der Waals surface area contributed by atoms with Gasteiger partial charge in [-0.25, -0.2) is 4.98 Å². The number of aromatic nitrogens is 2. The van der Waals surface area contributed by atoms with Crippen molar-refractivity contribution in [2.24, 2.45) is 5.92 Å². The van der Waals surface area contributed by atoms with E-state index in [4.69, 9.17) is 9.47 Å². The van der Waals surface area contributed by atoms with Crippen molar-refractivity contribution < 1.29 is 9.47 Å². The van der Waals surface area contributed by atoms with Crippen molar-refractivity contribution >= 4 is 5.95 Å². The van der Waals surface area contributed by atoms with E-state index < -0.39 is 0 Å². The Morgan fingerprint density at radius 3 is 2.38 bits per heavy atom. The van der Waals surface area contributed by atoms with Crippen molar-refractivity contribution in [1.82, 2.24) is 9.97 Å². The molecule has 0 atom stereocenters. The molecule has 1 aliphatic carbocycles. The maximum absolute atomic E-state index is 5.70. The first-order chi connectivity index (χ1) is 12.5. The maximum atomic E-state index is 5.70. The Kier molecular flexibility index (Phi) is 5.96. The van der Waals surface area contributed by atoms with Gasteiger partial charge >= 0.3 is 0 Å². The Labute approximate surface area is 156 Å². The van der Waals surface area contributed by atoms with Gasteiger partial charge in [0, 0.05) is 12.2 Å². The van der Waals surface area contributed by atoms with Crippen LogP contribution in [-0.2, 0) is 0 Å². The van der Waals surface area contributed by atoms with Gasteiger partial charge in [-0.1, -0.05) is 19.1 Å². The molecule has 5 nitrogen and oxygen atoms in total. The lowest BCUT2D eigenvalue weighted by molar-refractivity contribution is 0.242. The summed E-state index contributed by atoms with van der Waals surface area (Å²) in [4.78, 5) is 9.09. The first-order valence-electron chi connectivity index (χ1n) is 9.49. The highest BCUT2D eigenvalue weighted by Crippen LogP contribution is 2.31. The molecule has 1 fully saturated rings. The summed E-state index contributed by atoms with van der Waals surface area (Å²) in [5, 5.41) is 3.46. The number of hydrogen-bond donors (Lipinski definition) is 1. The van der Waals surface area contributed by atoms with Crippen molar-refractivity contribution in [3.8, 4) is 22.8 Å². The minimum Gasteiger partial charge on any atom is -0.491 e. The summed E-state index contributed by atoms with van der Waals surface area (Å²) in [6.07, 6.45) is 6.86. The topological polar surface area (TPSA) is 56.3 Å². The van der Waals surface area contributed by atoms with E-state index in [-0.39, 0.29) is 6.10 Å². The van der Waals surface area contributed by atoms with Crippen LogP contribution in [0, 0.1) is 5.92 Å². The van der Waals surface area contributed by atoms with Gasteiger partial charge in [-0.2, -0.15) is 4.98 Å². The van der Waals surface area contributed by atoms with Gasteiger partial charge in [-0.3, -0.25) is 0 Å². The number of rotatable bonds is 6. The molecule has 1 aliphatic rings. The minimum absolute atomic E-state index is 0.159. The summed E-state index contributed by atoms with van der Waals surface area (Å²) in [7, 11) is 1.65. The summed E-state index contributed by atoms with van der Waals surface area (Å²) in [5.41, 5.74) is 1.89. The van der Waals surface area contributed by atoms with Gasteiger partial charge in [-0.15, -0.1) is 0 Å². The first-order valence-corrected chi connectivity index (χ1v) is 9.49. The second kappa shape index (κ2) is 8.39. The van der Waals surface area contributed by atoms with E-state index in [0.717, 1.165) is 22.8 Å². The third-order valence-electron chi connectivity index (χ3n) is 4.83. The molecule has 1 saturated carbocycles. The fourth-order valence-corrected chi connectivity index (χ4v) is 3.36. The van der Waals surface area contributed by atoms with E-state index in [9.17, 15) is 0 Å². The average molecular weight is 355 g/mol. The van der Waals surface area contributed by atoms with Crippen molar-refractivity contribution in [3.05, 3.63) is 30.5 Å². The Bertz CT molecular complexity index is 708. The third-order valence-corrected chi connectivity index (χ3v) is 4.83. The molecular formula is C21H29N3O2. The van der Waals surface area contributed by atoms with E-state index in [0.29, 0.717) is 17.9 Å². The number of methoxy groups -OCH3 is 1. The minimum atomic E-state index is 0.159. The van der Waals surface area contributed by atoms with Crippen LogP contribution in [0.3, 0.4) is 0 Å². The molecule has 0 amide bonds. The van der Waals surface area contributed by atoms with E-state index in [2.05, 4.69) is 22.2 Å². The van der Waals surface area contributed by atoms with Crippen LogP contribution in [0.1, 0.15) is 46.5 Å². The summed E-state index contributed by atoms with van der Waals surface area (Å²) >= 11 is 0. The summed E-state index contributed by atoms with van der Waals surface area (Å²) in [5.74, 6) is 2.91. The van der Waals surface area contributed by atoms with Gasteiger partial charge in [0.2, 0.25) is 11.8 Å². The Hall–Kier alpha value is -2.30. The molecular weight excluding hydrogens is 326 g/mol. The second-order valence-corrected chi connectivity index (χ2v) is 7.41. The number of anilines is 1.